The van der Waals surface area contributed by atoms with Gasteiger partial charge < -0.3 is 10.0 Å². The first-order chi connectivity index (χ1) is 9.40. The van der Waals surface area contributed by atoms with Gasteiger partial charge in [0.15, 0.2) is 11.6 Å². The molecule has 20 heavy (non-hydrogen) atoms. The molecule has 4 nitrogen and oxygen atoms in total. The number of amides is 1. The van der Waals surface area contributed by atoms with E-state index in [0.717, 1.165) is 4.90 Å². The Bertz CT molecular complexity index is 562. The third-order valence-electron chi connectivity index (χ3n) is 3.29. The van der Waals surface area contributed by atoms with Crippen LogP contribution >= 0.6 is 0 Å². The van der Waals surface area contributed by atoms with Gasteiger partial charge in [0.05, 0.1) is 6.42 Å². The molecule has 0 spiro atoms. The molecule has 1 fully saturated rings. The third-order valence-corrected chi connectivity index (χ3v) is 3.29. The van der Waals surface area contributed by atoms with Crippen LogP contribution in [0.3, 0.4) is 0 Å². The van der Waals surface area contributed by atoms with Crippen molar-refractivity contribution in [2.24, 2.45) is 0 Å². The number of benzene rings is 1. The van der Waals surface area contributed by atoms with Crippen molar-refractivity contribution in [2.45, 2.75) is 25.3 Å². The lowest BCUT2D eigenvalue weighted by molar-refractivity contribution is -0.148. The molecule has 1 aromatic rings. The van der Waals surface area contributed by atoms with Gasteiger partial charge in [0.25, 0.3) is 0 Å². The number of carbonyl (C=O) groups excluding carboxylic acids is 1. The summed E-state index contributed by atoms with van der Waals surface area (Å²) in [5.41, 5.74) is -0.287. The molecule has 1 unspecified atom stereocenters. The highest BCUT2D eigenvalue weighted by molar-refractivity contribution is 5.85. The van der Waals surface area contributed by atoms with E-state index in [2.05, 4.69) is 0 Å². The van der Waals surface area contributed by atoms with E-state index in [0.29, 0.717) is 25.0 Å². The lowest BCUT2D eigenvalue weighted by Gasteiger charge is -2.21. The average Bonchev–Trinajstić information content (AvgIpc) is 2.85. The van der Waals surface area contributed by atoms with Crippen LogP contribution in [0.15, 0.2) is 12.1 Å². The van der Waals surface area contributed by atoms with Gasteiger partial charge in [0, 0.05) is 18.2 Å². The summed E-state index contributed by atoms with van der Waals surface area (Å²) in [7, 11) is 0. The molecular weight excluding hydrogens is 275 g/mol. The van der Waals surface area contributed by atoms with Gasteiger partial charge in [-0.3, -0.25) is 4.79 Å². The van der Waals surface area contributed by atoms with Crippen molar-refractivity contribution in [2.75, 3.05) is 6.54 Å². The van der Waals surface area contributed by atoms with Crippen LogP contribution in [-0.4, -0.2) is 34.5 Å². The summed E-state index contributed by atoms with van der Waals surface area (Å²) in [4.78, 5) is 24.0. The van der Waals surface area contributed by atoms with E-state index in [4.69, 9.17) is 5.11 Å². The van der Waals surface area contributed by atoms with Gasteiger partial charge in [-0.15, -0.1) is 0 Å². The molecule has 2 rings (SSSR count). The van der Waals surface area contributed by atoms with Crippen molar-refractivity contribution in [1.82, 2.24) is 4.90 Å². The number of halogens is 3. The normalized spacial score (nSPS) is 18.4. The Morgan fingerprint density at radius 1 is 1.20 bits per heavy atom. The number of aliphatic carboxylic acids is 1. The second kappa shape index (κ2) is 5.52. The predicted octanol–water partition coefficient (Wildman–Crippen LogP) is 1.72. The van der Waals surface area contributed by atoms with Crippen molar-refractivity contribution < 1.29 is 27.9 Å². The molecule has 1 amide bonds. The fourth-order valence-corrected chi connectivity index (χ4v) is 2.29. The zero-order valence-corrected chi connectivity index (χ0v) is 10.4. The van der Waals surface area contributed by atoms with Gasteiger partial charge in [-0.05, 0) is 18.9 Å². The first kappa shape index (κ1) is 14.4. The molecule has 1 saturated heterocycles. The largest absolute Gasteiger partial charge is 0.480 e. The highest BCUT2D eigenvalue weighted by Gasteiger charge is 2.34. The van der Waals surface area contributed by atoms with Crippen LogP contribution in [0.1, 0.15) is 18.4 Å². The van der Waals surface area contributed by atoms with Crippen LogP contribution in [0.25, 0.3) is 0 Å². The van der Waals surface area contributed by atoms with Gasteiger partial charge in [0.2, 0.25) is 5.91 Å². The fourth-order valence-electron chi connectivity index (χ4n) is 2.29. The molecule has 0 aromatic heterocycles. The van der Waals surface area contributed by atoms with Crippen molar-refractivity contribution in [3.8, 4) is 0 Å². The lowest BCUT2D eigenvalue weighted by Crippen LogP contribution is -2.41. The predicted molar refractivity (Wildman–Crippen MR) is 62.4 cm³/mol. The molecule has 1 aromatic carbocycles. The number of carboxylic acids is 1. The van der Waals surface area contributed by atoms with E-state index in [1.807, 2.05) is 0 Å². The summed E-state index contributed by atoms with van der Waals surface area (Å²) in [6, 6.07) is 0.0567. The molecule has 1 N–H and O–H groups in total. The number of nitrogens with zero attached hydrogens (tertiary/aromatic N) is 1. The van der Waals surface area contributed by atoms with E-state index < -0.39 is 41.8 Å². The fraction of sp³-hybridized carbons (Fsp3) is 0.385. The summed E-state index contributed by atoms with van der Waals surface area (Å²) >= 11 is 0. The minimum Gasteiger partial charge on any atom is -0.480 e. The molecular formula is C13H12F3NO3. The zero-order valence-electron chi connectivity index (χ0n) is 10.4. The third kappa shape index (κ3) is 2.76. The topological polar surface area (TPSA) is 57.6 Å². The van der Waals surface area contributed by atoms with E-state index >= 15 is 0 Å². The van der Waals surface area contributed by atoms with Crippen LogP contribution in [0, 0.1) is 17.5 Å². The SMILES string of the molecule is O=C(O)C1CCCN1C(=O)Cc1cc(F)c(F)cc1F. The summed E-state index contributed by atoms with van der Waals surface area (Å²) in [5.74, 6) is -5.33. The Morgan fingerprint density at radius 3 is 2.50 bits per heavy atom. The number of carbonyl (C=O) groups is 2. The molecule has 0 saturated carbocycles. The smallest absolute Gasteiger partial charge is 0.326 e. The quantitative estimate of drug-likeness (QED) is 0.861. The monoisotopic (exact) mass is 287 g/mol. The molecule has 1 heterocycles. The first-order valence-corrected chi connectivity index (χ1v) is 6.06. The minimum absolute atomic E-state index is 0.265. The number of rotatable bonds is 3. The molecule has 0 bridgehead atoms. The number of hydrogen-bond donors (Lipinski definition) is 1. The molecule has 108 valence electrons. The van der Waals surface area contributed by atoms with Gasteiger partial charge in [-0.1, -0.05) is 0 Å². The second-order valence-electron chi connectivity index (χ2n) is 4.62. The molecule has 1 aliphatic rings. The van der Waals surface area contributed by atoms with Crippen LogP contribution in [0.5, 0.6) is 0 Å². The van der Waals surface area contributed by atoms with Crippen molar-refractivity contribution >= 4 is 11.9 Å². The Morgan fingerprint density at radius 2 is 1.85 bits per heavy atom. The zero-order chi connectivity index (χ0) is 14.9. The summed E-state index contributed by atoms with van der Waals surface area (Å²) < 4.78 is 39.2. The maximum Gasteiger partial charge on any atom is 0.326 e. The average molecular weight is 287 g/mol. The van der Waals surface area contributed by atoms with Crippen LogP contribution in [0.4, 0.5) is 13.2 Å². The number of hydrogen-bond acceptors (Lipinski definition) is 2. The van der Waals surface area contributed by atoms with E-state index in [1.54, 1.807) is 0 Å². The second-order valence-corrected chi connectivity index (χ2v) is 4.62. The van der Waals surface area contributed by atoms with Crippen LogP contribution < -0.4 is 0 Å². The van der Waals surface area contributed by atoms with E-state index in [9.17, 15) is 22.8 Å². The molecule has 0 radical (unpaired) electrons. The number of carboxylic acid groups (broad SMARTS) is 1. The van der Waals surface area contributed by atoms with Crippen molar-refractivity contribution in [3.05, 3.63) is 35.1 Å². The van der Waals surface area contributed by atoms with Crippen molar-refractivity contribution in [1.29, 1.82) is 0 Å². The first-order valence-electron chi connectivity index (χ1n) is 6.06. The Hall–Kier alpha value is -2.05. The standard InChI is InChI=1S/C13H12F3NO3/c14-8-6-10(16)9(15)4-7(8)5-12(18)17-3-1-2-11(17)13(19)20/h4,6,11H,1-3,5H2,(H,19,20). The van der Waals surface area contributed by atoms with E-state index in [1.165, 1.54) is 0 Å². The highest BCUT2D eigenvalue weighted by Crippen LogP contribution is 2.20. The van der Waals surface area contributed by atoms with Crippen molar-refractivity contribution in [3.63, 3.8) is 0 Å². The van der Waals surface area contributed by atoms with Gasteiger partial charge in [-0.25, -0.2) is 18.0 Å². The molecule has 7 heteroatoms. The Kier molecular flexibility index (Phi) is 3.96. The maximum absolute atomic E-state index is 13.4. The maximum atomic E-state index is 13.4. The summed E-state index contributed by atoms with van der Waals surface area (Å²) in [6.07, 6.45) is 0.386. The minimum atomic E-state index is -1.33. The summed E-state index contributed by atoms with van der Waals surface area (Å²) in [6.45, 7) is 0.265. The van der Waals surface area contributed by atoms with Gasteiger partial charge >= 0.3 is 5.97 Å². The highest BCUT2D eigenvalue weighted by atomic mass is 19.2. The van der Waals surface area contributed by atoms with E-state index in [-0.39, 0.29) is 12.1 Å². The molecule has 0 aliphatic carbocycles. The lowest BCUT2D eigenvalue weighted by atomic mass is 10.1. The molecule has 1 atom stereocenters. The Balaban J connectivity index is 2.16. The van der Waals surface area contributed by atoms with Crippen LogP contribution in [0.2, 0.25) is 0 Å². The van der Waals surface area contributed by atoms with Gasteiger partial charge in [0.1, 0.15) is 11.9 Å². The molecule has 1 aliphatic heterocycles. The Labute approximate surface area is 112 Å². The summed E-state index contributed by atoms with van der Waals surface area (Å²) in [5, 5.41) is 8.96. The van der Waals surface area contributed by atoms with Crippen LogP contribution in [-0.2, 0) is 16.0 Å². The number of likely N-dealkylation sites (tertiary alicyclic amines) is 1. The van der Waals surface area contributed by atoms with Gasteiger partial charge in [-0.2, -0.15) is 0 Å².